The minimum Gasteiger partial charge on any atom is -0.357 e. The standard InChI is InChI=1S/C25H33F2N3O2/c1-25(2,3)22(24(32)28-4)30-23(31)21-17-10-8-6-5-7-9-15(17)14-20(29-21)16-11-12-18(26)19(27)13-16/h11-15,17,22H,5-10H2,1-4H3,(H,28,32)(H,30,31). The SMILES string of the molecule is CNC(=O)C(NC(=O)C1=NC(c2ccc(F)c(F)c2)=CC2CCCCCCC12)C(C)(C)C. The summed E-state index contributed by atoms with van der Waals surface area (Å²) in [5.41, 5.74) is 0.790. The number of fused-ring (bicyclic) bond motifs is 1. The predicted molar refractivity (Wildman–Crippen MR) is 122 cm³/mol. The van der Waals surface area contributed by atoms with Gasteiger partial charge in [-0.15, -0.1) is 0 Å². The lowest BCUT2D eigenvalue weighted by Crippen LogP contribution is -2.55. The van der Waals surface area contributed by atoms with E-state index in [4.69, 9.17) is 0 Å². The van der Waals surface area contributed by atoms with Crippen LogP contribution >= 0.6 is 0 Å². The van der Waals surface area contributed by atoms with Gasteiger partial charge in [-0.1, -0.05) is 52.5 Å². The summed E-state index contributed by atoms with van der Waals surface area (Å²) >= 11 is 0. The summed E-state index contributed by atoms with van der Waals surface area (Å²) in [6.07, 6.45) is 8.03. The third-order valence-electron chi connectivity index (χ3n) is 6.38. The highest BCUT2D eigenvalue weighted by Crippen LogP contribution is 2.37. The van der Waals surface area contributed by atoms with E-state index in [1.165, 1.54) is 6.07 Å². The molecular formula is C25H33F2N3O2. The van der Waals surface area contributed by atoms with Crippen LogP contribution in [0.25, 0.3) is 5.70 Å². The van der Waals surface area contributed by atoms with Crippen molar-refractivity contribution in [3.63, 3.8) is 0 Å². The molecule has 0 saturated heterocycles. The van der Waals surface area contributed by atoms with Crippen LogP contribution in [0.4, 0.5) is 8.78 Å². The average molecular weight is 446 g/mol. The maximum absolute atomic E-state index is 13.9. The highest BCUT2D eigenvalue weighted by molar-refractivity contribution is 6.41. The number of nitrogens with zero attached hydrogens (tertiary/aromatic N) is 1. The summed E-state index contributed by atoms with van der Waals surface area (Å²) in [5.74, 6) is -2.49. The normalized spacial score (nSPS) is 22.4. The second-order valence-electron chi connectivity index (χ2n) is 9.83. The lowest BCUT2D eigenvalue weighted by atomic mass is 9.76. The van der Waals surface area contributed by atoms with Crippen molar-refractivity contribution in [3.05, 3.63) is 41.5 Å². The van der Waals surface area contributed by atoms with E-state index in [0.29, 0.717) is 17.0 Å². The first kappa shape index (κ1) is 24.1. The Balaban J connectivity index is 1.99. The number of allylic oxidation sites excluding steroid dienone is 1. The van der Waals surface area contributed by atoms with Gasteiger partial charge >= 0.3 is 0 Å². The first-order valence-corrected chi connectivity index (χ1v) is 11.4. The summed E-state index contributed by atoms with van der Waals surface area (Å²) in [6.45, 7) is 5.67. The number of hydrogen-bond acceptors (Lipinski definition) is 3. The molecule has 3 unspecified atom stereocenters. The van der Waals surface area contributed by atoms with Crippen LogP contribution in [0.1, 0.15) is 64.9 Å². The number of rotatable bonds is 4. The molecule has 2 amide bonds. The van der Waals surface area contributed by atoms with Crippen molar-refractivity contribution in [2.75, 3.05) is 7.05 Å². The molecule has 0 bridgehead atoms. The van der Waals surface area contributed by atoms with E-state index >= 15 is 0 Å². The number of carbonyl (C=O) groups excluding carboxylic acids is 2. The van der Waals surface area contributed by atoms with E-state index in [0.717, 1.165) is 50.7 Å². The Morgan fingerprint density at radius 1 is 1.06 bits per heavy atom. The summed E-state index contributed by atoms with van der Waals surface area (Å²) < 4.78 is 27.4. The number of hydrogen-bond donors (Lipinski definition) is 2. The van der Waals surface area contributed by atoms with E-state index in [1.807, 2.05) is 26.8 Å². The molecule has 2 aliphatic rings. The molecule has 5 nitrogen and oxygen atoms in total. The minimum absolute atomic E-state index is 0.0605. The molecule has 1 aliphatic carbocycles. The summed E-state index contributed by atoms with van der Waals surface area (Å²) in [4.78, 5) is 30.5. The van der Waals surface area contributed by atoms with E-state index in [2.05, 4.69) is 15.6 Å². The highest BCUT2D eigenvalue weighted by Gasteiger charge is 2.38. The molecule has 0 radical (unpaired) electrons. The smallest absolute Gasteiger partial charge is 0.266 e. The number of benzene rings is 1. The van der Waals surface area contributed by atoms with Crippen molar-refractivity contribution in [1.29, 1.82) is 0 Å². The van der Waals surface area contributed by atoms with Crippen molar-refractivity contribution in [2.24, 2.45) is 22.2 Å². The van der Waals surface area contributed by atoms with Gasteiger partial charge in [0.2, 0.25) is 5.91 Å². The number of likely N-dealkylation sites (N-methyl/N-ethyl adjacent to an activating group) is 1. The summed E-state index contributed by atoms with van der Waals surface area (Å²) in [7, 11) is 1.54. The Bertz CT molecular complexity index is 934. The molecule has 1 aromatic rings. The molecule has 32 heavy (non-hydrogen) atoms. The Kier molecular flexibility index (Phi) is 7.47. The number of nitrogens with one attached hydrogen (secondary N) is 2. The predicted octanol–water partition coefficient (Wildman–Crippen LogP) is 4.62. The lowest BCUT2D eigenvalue weighted by Gasteiger charge is -2.34. The van der Waals surface area contributed by atoms with Gasteiger partial charge in [0, 0.05) is 18.5 Å². The van der Waals surface area contributed by atoms with Gasteiger partial charge in [0.15, 0.2) is 11.6 Å². The molecule has 3 atom stereocenters. The van der Waals surface area contributed by atoms with Gasteiger partial charge in [-0.2, -0.15) is 0 Å². The fourth-order valence-corrected chi connectivity index (χ4v) is 4.56. The van der Waals surface area contributed by atoms with Crippen LogP contribution in [0, 0.1) is 28.9 Å². The van der Waals surface area contributed by atoms with Crippen molar-refractivity contribution < 1.29 is 18.4 Å². The zero-order valence-corrected chi connectivity index (χ0v) is 19.3. The van der Waals surface area contributed by atoms with Crippen molar-refractivity contribution >= 4 is 23.2 Å². The lowest BCUT2D eigenvalue weighted by molar-refractivity contribution is -0.129. The maximum atomic E-state index is 13.9. The largest absolute Gasteiger partial charge is 0.357 e. The fourth-order valence-electron chi connectivity index (χ4n) is 4.56. The number of carbonyl (C=O) groups is 2. The molecule has 2 N–H and O–H groups in total. The topological polar surface area (TPSA) is 70.6 Å². The second kappa shape index (κ2) is 9.92. The number of halogens is 2. The van der Waals surface area contributed by atoms with E-state index in [-0.39, 0.29) is 23.7 Å². The Labute approximate surface area is 188 Å². The van der Waals surface area contributed by atoms with Gasteiger partial charge in [0.1, 0.15) is 11.8 Å². The monoisotopic (exact) mass is 445 g/mol. The molecular weight excluding hydrogens is 412 g/mol. The molecule has 0 spiro atoms. The Morgan fingerprint density at radius 2 is 1.75 bits per heavy atom. The zero-order valence-electron chi connectivity index (χ0n) is 19.3. The molecule has 3 rings (SSSR count). The van der Waals surface area contributed by atoms with Crippen LogP contribution in [0.3, 0.4) is 0 Å². The van der Waals surface area contributed by atoms with Crippen LogP contribution < -0.4 is 10.6 Å². The van der Waals surface area contributed by atoms with Crippen LogP contribution in [0.5, 0.6) is 0 Å². The van der Waals surface area contributed by atoms with E-state index < -0.39 is 23.1 Å². The fraction of sp³-hybridized carbons (Fsp3) is 0.560. The van der Waals surface area contributed by atoms with Gasteiger partial charge < -0.3 is 10.6 Å². The van der Waals surface area contributed by atoms with Crippen LogP contribution in [-0.2, 0) is 9.59 Å². The minimum atomic E-state index is -0.947. The molecule has 1 fully saturated rings. The molecule has 1 heterocycles. The number of aliphatic imine (C=N–C) groups is 1. The maximum Gasteiger partial charge on any atom is 0.266 e. The first-order chi connectivity index (χ1) is 15.1. The van der Waals surface area contributed by atoms with Crippen LogP contribution in [0.15, 0.2) is 29.3 Å². The van der Waals surface area contributed by atoms with Gasteiger partial charge in [0.05, 0.1) is 5.70 Å². The summed E-state index contributed by atoms with van der Waals surface area (Å²) in [5, 5.41) is 5.51. The molecule has 0 aromatic heterocycles. The molecule has 174 valence electrons. The van der Waals surface area contributed by atoms with E-state index in [9.17, 15) is 18.4 Å². The van der Waals surface area contributed by atoms with Crippen molar-refractivity contribution in [1.82, 2.24) is 10.6 Å². The Hall–Kier alpha value is -2.57. The summed E-state index contributed by atoms with van der Waals surface area (Å²) in [6, 6.07) is 2.94. The molecule has 1 aliphatic heterocycles. The quantitative estimate of drug-likeness (QED) is 0.710. The van der Waals surface area contributed by atoms with Crippen LogP contribution in [-0.4, -0.2) is 30.6 Å². The third kappa shape index (κ3) is 5.43. The molecule has 1 saturated carbocycles. The van der Waals surface area contributed by atoms with Crippen molar-refractivity contribution in [3.8, 4) is 0 Å². The zero-order chi connectivity index (χ0) is 23.5. The molecule has 1 aromatic carbocycles. The highest BCUT2D eigenvalue weighted by atomic mass is 19.2. The van der Waals surface area contributed by atoms with Gasteiger partial charge in [-0.25, -0.2) is 13.8 Å². The van der Waals surface area contributed by atoms with Crippen molar-refractivity contribution in [2.45, 2.75) is 65.3 Å². The van der Waals surface area contributed by atoms with Gasteiger partial charge in [-0.3, -0.25) is 9.59 Å². The average Bonchev–Trinajstić information content (AvgIpc) is 2.72. The Morgan fingerprint density at radius 3 is 2.38 bits per heavy atom. The van der Waals surface area contributed by atoms with Gasteiger partial charge in [-0.05, 0) is 42.4 Å². The third-order valence-corrected chi connectivity index (χ3v) is 6.38. The first-order valence-electron chi connectivity index (χ1n) is 11.4. The second-order valence-corrected chi connectivity index (χ2v) is 9.83. The van der Waals surface area contributed by atoms with Crippen LogP contribution in [0.2, 0.25) is 0 Å². The van der Waals surface area contributed by atoms with Gasteiger partial charge in [0.25, 0.3) is 5.91 Å². The van der Waals surface area contributed by atoms with E-state index in [1.54, 1.807) is 7.05 Å². The molecule has 7 heteroatoms. The number of amides is 2.